The Labute approximate surface area is 152 Å². The minimum Gasteiger partial charge on any atom is -0.255 e. The zero-order chi connectivity index (χ0) is 17.9. The van der Waals surface area contributed by atoms with Gasteiger partial charge in [0.2, 0.25) is 0 Å². The predicted molar refractivity (Wildman–Crippen MR) is 104 cm³/mol. The molecule has 4 nitrogen and oxygen atoms in total. The van der Waals surface area contributed by atoms with Crippen LogP contribution in [-0.4, -0.2) is 13.4 Å². The van der Waals surface area contributed by atoms with Crippen LogP contribution in [0.25, 0.3) is 11.3 Å². The van der Waals surface area contributed by atoms with Gasteiger partial charge in [-0.2, -0.15) is 0 Å². The molecular formula is C19H20N2O2S2. The van der Waals surface area contributed by atoms with Gasteiger partial charge in [0.15, 0.2) is 5.13 Å². The molecule has 3 aromatic rings. The van der Waals surface area contributed by atoms with E-state index in [1.807, 2.05) is 31.2 Å². The average molecular weight is 373 g/mol. The molecular weight excluding hydrogens is 352 g/mol. The quantitative estimate of drug-likeness (QED) is 0.671. The van der Waals surface area contributed by atoms with Gasteiger partial charge in [-0.3, -0.25) is 4.72 Å². The van der Waals surface area contributed by atoms with Crippen molar-refractivity contribution in [2.75, 3.05) is 4.72 Å². The Hall–Kier alpha value is -2.18. The van der Waals surface area contributed by atoms with Crippen LogP contribution in [-0.2, 0) is 16.4 Å². The minimum atomic E-state index is -3.62. The number of aromatic nitrogens is 1. The second-order valence-corrected chi connectivity index (χ2v) is 8.59. The van der Waals surface area contributed by atoms with Crippen molar-refractivity contribution in [1.29, 1.82) is 0 Å². The highest BCUT2D eigenvalue weighted by molar-refractivity contribution is 7.93. The first-order valence-electron chi connectivity index (χ1n) is 8.14. The number of sulfonamides is 1. The van der Waals surface area contributed by atoms with Gasteiger partial charge in [0.05, 0.1) is 10.6 Å². The van der Waals surface area contributed by atoms with E-state index in [1.165, 1.54) is 16.9 Å². The van der Waals surface area contributed by atoms with Crippen LogP contribution < -0.4 is 4.72 Å². The Bertz CT molecular complexity index is 947. The predicted octanol–water partition coefficient (Wildman–Crippen LogP) is 4.87. The lowest BCUT2D eigenvalue weighted by atomic mass is 10.1. The van der Waals surface area contributed by atoms with E-state index in [-0.39, 0.29) is 4.90 Å². The van der Waals surface area contributed by atoms with E-state index in [1.54, 1.807) is 30.3 Å². The van der Waals surface area contributed by atoms with E-state index >= 15 is 0 Å². The molecule has 0 fully saturated rings. The molecule has 0 amide bonds. The molecule has 0 atom stereocenters. The molecule has 0 saturated heterocycles. The summed E-state index contributed by atoms with van der Waals surface area (Å²) in [6.45, 7) is 4.14. The normalized spacial score (nSPS) is 11.4. The molecule has 0 bridgehead atoms. The highest BCUT2D eigenvalue weighted by Crippen LogP contribution is 2.33. The van der Waals surface area contributed by atoms with Crippen LogP contribution in [0.2, 0.25) is 0 Å². The Morgan fingerprint density at radius 1 is 1.04 bits per heavy atom. The minimum absolute atomic E-state index is 0.235. The van der Waals surface area contributed by atoms with Crippen molar-refractivity contribution < 1.29 is 8.42 Å². The fourth-order valence-corrected chi connectivity index (χ4v) is 4.84. The number of benzene rings is 2. The molecule has 2 aromatic carbocycles. The van der Waals surface area contributed by atoms with Gasteiger partial charge in [0, 0.05) is 10.4 Å². The van der Waals surface area contributed by atoms with E-state index in [4.69, 9.17) is 0 Å². The molecule has 0 spiro atoms. The number of anilines is 1. The van der Waals surface area contributed by atoms with Gasteiger partial charge >= 0.3 is 0 Å². The van der Waals surface area contributed by atoms with Gasteiger partial charge in [-0.15, -0.1) is 11.3 Å². The molecule has 0 aliphatic carbocycles. The van der Waals surface area contributed by atoms with E-state index in [0.29, 0.717) is 5.13 Å². The second-order valence-electron chi connectivity index (χ2n) is 5.83. The lowest BCUT2D eigenvalue weighted by Crippen LogP contribution is -2.12. The first kappa shape index (κ1) is 17.6. The molecule has 0 saturated carbocycles. The monoisotopic (exact) mass is 372 g/mol. The zero-order valence-electron chi connectivity index (χ0n) is 14.2. The summed E-state index contributed by atoms with van der Waals surface area (Å²) in [5.41, 5.74) is 3.05. The molecule has 130 valence electrons. The summed E-state index contributed by atoms with van der Waals surface area (Å²) in [5, 5.41) is 0.405. The third-order valence-electron chi connectivity index (χ3n) is 3.77. The molecule has 0 aliphatic heterocycles. The molecule has 1 aromatic heterocycles. The zero-order valence-corrected chi connectivity index (χ0v) is 15.8. The van der Waals surface area contributed by atoms with Crippen LogP contribution in [0.3, 0.4) is 0 Å². The number of hydrogen-bond donors (Lipinski definition) is 1. The summed E-state index contributed by atoms with van der Waals surface area (Å²) in [5.74, 6) is 0. The molecule has 0 unspecified atom stereocenters. The second kappa shape index (κ2) is 7.37. The summed E-state index contributed by atoms with van der Waals surface area (Å²) in [6, 6.07) is 16.5. The van der Waals surface area contributed by atoms with Gasteiger partial charge < -0.3 is 0 Å². The lowest BCUT2D eigenvalue weighted by molar-refractivity contribution is 0.601. The Kier molecular flexibility index (Phi) is 5.20. The average Bonchev–Trinajstić information content (AvgIpc) is 2.98. The van der Waals surface area contributed by atoms with Gasteiger partial charge in [0.1, 0.15) is 0 Å². The van der Waals surface area contributed by atoms with E-state index in [9.17, 15) is 8.42 Å². The summed E-state index contributed by atoms with van der Waals surface area (Å²) >= 11 is 1.40. The molecule has 6 heteroatoms. The van der Waals surface area contributed by atoms with Crippen LogP contribution in [0.1, 0.15) is 23.8 Å². The highest BCUT2D eigenvalue weighted by atomic mass is 32.2. The van der Waals surface area contributed by atoms with Crippen LogP contribution in [0.15, 0.2) is 59.5 Å². The van der Waals surface area contributed by atoms with Gasteiger partial charge in [-0.1, -0.05) is 61.4 Å². The number of nitrogens with zero attached hydrogens (tertiary/aromatic N) is 1. The number of nitrogens with one attached hydrogen (secondary N) is 1. The SMILES string of the molecule is CCCc1sc(NS(=O)(=O)c2ccccc2)nc1-c1ccc(C)cc1. The van der Waals surface area contributed by atoms with Crippen molar-refractivity contribution in [3.8, 4) is 11.3 Å². The summed E-state index contributed by atoms with van der Waals surface area (Å²) in [6.07, 6.45) is 1.85. The van der Waals surface area contributed by atoms with Crippen LogP contribution >= 0.6 is 11.3 Å². The van der Waals surface area contributed by atoms with E-state index in [0.717, 1.165) is 29.0 Å². The number of rotatable bonds is 6. The van der Waals surface area contributed by atoms with Crippen molar-refractivity contribution in [2.24, 2.45) is 0 Å². The molecule has 0 aliphatic rings. The largest absolute Gasteiger partial charge is 0.263 e. The van der Waals surface area contributed by atoms with Crippen molar-refractivity contribution in [2.45, 2.75) is 31.6 Å². The molecule has 1 heterocycles. The third kappa shape index (κ3) is 4.08. The fraction of sp³-hybridized carbons (Fsp3) is 0.211. The summed E-state index contributed by atoms with van der Waals surface area (Å²) < 4.78 is 27.6. The fourth-order valence-electron chi connectivity index (χ4n) is 2.50. The summed E-state index contributed by atoms with van der Waals surface area (Å²) in [4.78, 5) is 5.90. The highest BCUT2D eigenvalue weighted by Gasteiger charge is 2.18. The standard InChI is InChI=1S/C19H20N2O2S2/c1-3-7-17-18(15-12-10-14(2)11-13-15)20-19(24-17)21-25(22,23)16-8-5-4-6-9-16/h4-6,8-13H,3,7H2,1-2H3,(H,20,21). The lowest BCUT2D eigenvalue weighted by Gasteiger charge is -2.04. The van der Waals surface area contributed by atoms with Gasteiger partial charge in [0.25, 0.3) is 10.0 Å². The Balaban J connectivity index is 1.95. The number of thiazole rings is 1. The topological polar surface area (TPSA) is 59.1 Å². The molecule has 1 N–H and O–H groups in total. The number of aryl methyl sites for hydroxylation is 2. The third-order valence-corrected chi connectivity index (χ3v) is 6.29. The Morgan fingerprint density at radius 2 is 1.72 bits per heavy atom. The van der Waals surface area contributed by atoms with Crippen molar-refractivity contribution in [3.63, 3.8) is 0 Å². The van der Waals surface area contributed by atoms with Crippen LogP contribution in [0.4, 0.5) is 5.13 Å². The van der Waals surface area contributed by atoms with E-state index < -0.39 is 10.0 Å². The van der Waals surface area contributed by atoms with Gasteiger partial charge in [-0.05, 0) is 25.5 Å². The maximum atomic E-state index is 12.5. The van der Waals surface area contributed by atoms with Crippen molar-refractivity contribution >= 4 is 26.5 Å². The maximum absolute atomic E-state index is 12.5. The first-order valence-corrected chi connectivity index (χ1v) is 10.4. The van der Waals surface area contributed by atoms with Crippen molar-refractivity contribution in [1.82, 2.24) is 4.98 Å². The molecule has 0 radical (unpaired) electrons. The first-order chi connectivity index (χ1) is 12.0. The smallest absolute Gasteiger partial charge is 0.255 e. The Morgan fingerprint density at radius 3 is 2.36 bits per heavy atom. The van der Waals surface area contributed by atoms with Crippen LogP contribution in [0.5, 0.6) is 0 Å². The molecule has 25 heavy (non-hydrogen) atoms. The molecule has 3 rings (SSSR count). The summed E-state index contributed by atoms with van der Waals surface area (Å²) in [7, 11) is -3.62. The maximum Gasteiger partial charge on any atom is 0.263 e. The number of hydrogen-bond acceptors (Lipinski definition) is 4. The van der Waals surface area contributed by atoms with Crippen molar-refractivity contribution in [3.05, 3.63) is 65.0 Å². The van der Waals surface area contributed by atoms with Crippen LogP contribution in [0, 0.1) is 6.92 Å². The van der Waals surface area contributed by atoms with E-state index in [2.05, 4.69) is 16.6 Å². The van der Waals surface area contributed by atoms with Gasteiger partial charge in [-0.25, -0.2) is 13.4 Å².